The topological polar surface area (TPSA) is 63.2 Å². The zero-order valence-electron chi connectivity index (χ0n) is 12.8. The molecule has 0 saturated heterocycles. The number of benzene rings is 1. The summed E-state index contributed by atoms with van der Waals surface area (Å²) in [4.78, 5) is 26.5. The van der Waals surface area contributed by atoms with Gasteiger partial charge < -0.3 is 0 Å². The Morgan fingerprint density at radius 3 is 2.18 bits per heavy atom. The van der Waals surface area contributed by atoms with Gasteiger partial charge in [-0.15, -0.1) is 0 Å². The van der Waals surface area contributed by atoms with Crippen LogP contribution < -0.4 is 0 Å². The van der Waals surface area contributed by atoms with Crippen LogP contribution in [0.4, 0.5) is 0 Å². The van der Waals surface area contributed by atoms with E-state index >= 15 is 0 Å². The second-order valence-electron chi connectivity index (χ2n) is 5.79. The lowest BCUT2D eigenvalue weighted by Crippen LogP contribution is -2.34. The van der Waals surface area contributed by atoms with E-state index in [2.05, 4.69) is 22.6 Å². The maximum absolute atomic E-state index is 12.6. The van der Waals surface area contributed by atoms with Crippen molar-refractivity contribution in [2.45, 2.75) is 39.5 Å². The Bertz CT molecular complexity index is 675. The van der Waals surface area contributed by atoms with Gasteiger partial charge in [-0.3, -0.25) is 14.5 Å². The first-order valence-electron chi connectivity index (χ1n) is 7.78. The highest BCUT2D eigenvalue weighted by molar-refractivity contribution is 7.00. The van der Waals surface area contributed by atoms with Crippen LogP contribution in [-0.4, -0.2) is 32.0 Å². The van der Waals surface area contributed by atoms with Gasteiger partial charge in [-0.2, -0.15) is 8.75 Å². The lowest BCUT2D eigenvalue weighted by molar-refractivity contribution is 0.0624. The van der Waals surface area contributed by atoms with Gasteiger partial charge in [0.2, 0.25) is 0 Å². The molecule has 2 amide bonds. The molecule has 2 heterocycles. The molecule has 0 bridgehead atoms. The number of imide groups is 1. The summed E-state index contributed by atoms with van der Waals surface area (Å²) in [6, 6.07) is 3.39. The smallest absolute Gasteiger partial charge is 0.261 e. The predicted octanol–water partition coefficient (Wildman–Crippen LogP) is 3.50. The summed E-state index contributed by atoms with van der Waals surface area (Å²) in [6.07, 6.45) is 4.29. The molecule has 1 aromatic carbocycles. The van der Waals surface area contributed by atoms with E-state index < -0.39 is 0 Å². The Morgan fingerprint density at radius 2 is 1.68 bits per heavy atom. The largest absolute Gasteiger partial charge is 0.274 e. The van der Waals surface area contributed by atoms with E-state index in [4.69, 9.17) is 0 Å². The van der Waals surface area contributed by atoms with Crippen molar-refractivity contribution in [1.29, 1.82) is 0 Å². The summed E-state index contributed by atoms with van der Waals surface area (Å²) < 4.78 is 8.29. The first-order valence-corrected chi connectivity index (χ1v) is 8.51. The van der Waals surface area contributed by atoms with Gasteiger partial charge >= 0.3 is 0 Å². The van der Waals surface area contributed by atoms with Gasteiger partial charge in [-0.05, 0) is 24.5 Å². The molecule has 0 spiro atoms. The molecule has 0 N–H and O–H groups in total. The maximum atomic E-state index is 12.6. The number of hydrogen-bond acceptors (Lipinski definition) is 5. The van der Waals surface area contributed by atoms with Gasteiger partial charge in [0.15, 0.2) is 0 Å². The second kappa shape index (κ2) is 6.12. The summed E-state index contributed by atoms with van der Waals surface area (Å²) in [5, 5.41) is 0. The number of aromatic nitrogens is 2. The van der Waals surface area contributed by atoms with Crippen molar-refractivity contribution in [1.82, 2.24) is 13.6 Å². The maximum Gasteiger partial charge on any atom is 0.261 e. The fraction of sp³-hybridized carbons (Fsp3) is 0.500. The Hall–Kier alpha value is -1.82. The fourth-order valence-electron chi connectivity index (χ4n) is 2.91. The molecule has 0 saturated carbocycles. The van der Waals surface area contributed by atoms with Crippen LogP contribution >= 0.6 is 11.7 Å². The minimum atomic E-state index is -0.190. The van der Waals surface area contributed by atoms with Gasteiger partial charge in [0, 0.05) is 6.54 Å². The summed E-state index contributed by atoms with van der Waals surface area (Å²) >= 11 is 1.10. The van der Waals surface area contributed by atoms with Crippen molar-refractivity contribution >= 4 is 34.6 Å². The summed E-state index contributed by atoms with van der Waals surface area (Å²) in [7, 11) is 0. The highest BCUT2D eigenvalue weighted by atomic mass is 32.1. The molecule has 1 unspecified atom stereocenters. The van der Waals surface area contributed by atoms with E-state index in [9.17, 15) is 9.59 Å². The molecule has 2 aromatic rings. The van der Waals surface area contributed by atoms with Gasteiger partial charge in [-0.1, -0.05) is 33.1 Å². The third-order valence-corrected chi connectivity index (χ3v) is 4.88. The van der Waals surface area contributed by atoms with Crippen LogP contribution in [-0.2, 0) is 0 Å². The summed E-state index contributed by atoms with van der Waals surface area (Å²) in [5.41, 5.74) is 2.31. The van der Waals surface area contributed by atoms with E-state index in [1.165, 1.54) is 4.90 Å². The highest BCUT2D eigenvalue weighted by Gasteiger charge is 2.37. The molecule has 1 atom stereocenters. The normalized spacial score (nSPS) is 15.6. The Kier molecular flexibility index (Phi) is 4.20. The van der Waals surface area contributed by atoms with Crippen molar-refractivity contribution in [3.05, 3.63) is 23.3 Å². The standard InChI is InChI=1S/C16H19N3O2S/c1-3-5-6-10(4-2)9-19-15(20)11-7-13-14(18-22-17-13)8-12(11)16(19)21/h7-8,10H,3-6,9H2,1-2H3. The van der Waals surface area contributed by atoms with Crippen LogP contribution in [0, 0.1) is 5.92 Å². The molecule has 0 radical (unpaired) electrons. The quantitative estimate of drug-likeness (QED) is 0.765. The average molecular weight is 317 g/mol. The molecule has 1 aromatic heterocycles. The molecule has 6 heteroatoms. The molecule has 5 nitrogen and oxygen atoms in total. The lowest BCUT2D eigenvalue weighted by atomic mass is 9.99. The number of carbonyl (C=O) groups excluding carboxylic acids is 2. The summed E-state index contributed by atoms with van der Waals surface area (Å²) in [6.45, 7) is 4.78. The SMILES string of the molecule is CCCCC(CC)CN1C(=O)c2cc3nsnc3cc2C1=O. The molecule has 1 aliphatic heterocycles. The van der Waals surface area contributed by atoms with Crippen LogP contribution in [0.5, 0.6) is 0 Å². The van der Waals surface area contributed by atoms with Gasteiger partial charge in [0.25, 0.3) is 11.8 Å². The first-order chi connectivity index (χ1) is 10.7. The molecule has 22 heavy (non-hydrogen) atoms. The van der Waals surface area contributed by atoms with E-state index in [1.54, 1.807) is 12.1 Å². The van der Waals surface area contributed by atoms with E-state index in [-0.39, 0.29) is 11.8 Å². The third-order valence-electron chi connectivity index (χ3n) is 4.33. The molecule has 3 rings (SSSR count). The van der Waals surface area contributed by atoms with E-state index in [1.807, 2.05) is 0 Å². The van der Waals surface area contributed by atoms with Gasteiger partial charge in [-0.25, -0.2) is 0 Å². The number of fused-ring (bicyclic) bond motifs is 2. The van der Waals surface area contributed by atoms with Crippen LogP contribution in [0.2, 0.25) is 0 Å². The first kappa shape index (κ1) is 15.1. The van der Waals surface area contributed by atoms with Crippen molar-refractivity contribution < 1.29 is 9.59 Å². The number of amides is 2. The molecule has 116 valence electrons. The average Bonchev–Trinajstić information content (AvgIpc) is 3.07. The number of rotatable bonds is 6. The lowest BCUT2D eigenvalue weighted by Gasteiger charge is -2.21. The monoisotopic (exact) mass is 317 g/mol. The Morgan fingerprint density at radius 1 is 1.09 bits per heavy atom. The Balaban J connectivity index is 1.86. The molecule has 0 fully saturated rings. The van der Waals surface area contributed by atoms with E-state index in [0.29, 0.717) is 34.6 Å². The second-order valence-corrected chi connectivity index (χ2v) is 6.32. The number of hydrogen-bond donors (Lipinski definition) is 0. The van der Waals surface area contributed by atoms with Crippen LogP contribution in [0.3, 0.4) is 0 Å². The Labute approximate surface area is 133 Å². The van der Waals surface area contributed by atoms with Crippen molar-refractivity contribution in [2.75, 3.05) is 6.54 Å². The minimum Gasteiger partial charge on any atom is -0.274 e. The zero-order valence-corrected chi connectivity index (χ0v) is 13.7. The number of nitrogens with zero attached hydrogens (tertiary/aromatic N) is 3. The molecular formula is C16H19N3O2S. The molecule has 1 aliphatic rings. The van der Waals surface area contributed by atoms with Crippen LogP contribution in [0.1, 0.15) is 60.2 Å². The van der Waals surface area contributed by atoms with Crippen LogP contribution in [0.25, 0.3) is 11.0 Å². The number of carbonyl (C=O) groups is 2. The minimum absolute atomic E-state index is 0.190. The van der Waals surface area contributed by atoms with Crippen LogP contribution in [0.15, 0.2) is 12.1 Å². The van der Waals surface area contributed by atoms with Crippen molar-refractivity contribution in [3.63, 3.8) is 0 Å². The fourth-order valence-corrected chi connectivity index (χ4v) is 3.42. The van der Waals surface area contributed by atoms with Gasteiger partial charge in [0.1, 0.15) is 11.0 Å². The predicted molar refractivity (Wildman–Crippen MR) is 86.1 cm³/mol. The van der Waals surface area contributed by atoms with Gasteiger partial charge in [0.05, 0.1) is 22.9 Å². The molecule has 0 aliphatic carbocycles. The zero-order chi connectivity index (χ0) is 15.7. The van der Waals surface area contributed by atoms with Crippen molar-refractivity contribution in [3.8, 4) is 0 Å². The third kappa shape index (κ3) is 2.52. The summed E-state index contributed by atoms with van der Waals surface area (Å²) in [5.74, 6) is -0.00589. The number of unbranched alkanes of at least 4 members (excludes halogenated alkanes) is 1. The van der Waals surface area contributed by atoms with Crippen molar-refractivity contribution in [2.24, 2.45) is 5.92 Å². The van der Waals surface area contributed by atoms with E-state index in [0.717, 1.165) is 37.4 Å². The highest BCUT2D eigenvalue weighted by Crippen LogP contribution is 2.28. The molecular weight excluding hydrogens is 298 g/mol.